The molecule has 2 heterocycles. The van der Waals surface area contributed by atoms with Gasteiger partial charge >= 0.3 is 0 Å². The molecule has 4 heteroatoms. The van der Waals surface area contributed by atoms with Crippen molar-refractivity contribution < 1.29 is 18.9 Å². The van der Waals surface area contributed by atoms with E-state index in [2.05, 4.69) is 24.3 Å². The fourth-order valence-electron chi connectivity index (χ4n) is 12.7. The molecule has 0 spiro atoms. The van der Waals surface area contributed by atoms with E-state index in [1.807, 2.05) is 0 Å². The molecule has 10 fully saturated rings. The third-order valence-electron chi connectivity index (χ3n) is 13.5. The Balaban J connectivity index is 1.17. The summed E-state index contributed by atoms with van der Waals surface area (Å²) in [5, 5.41) is 0. The van der Waals surface area contributed by atoms with Crippen LogP contribution >= 0.6 is 0 Å². The molecule has 8 bridgehead atoms. The van der Waals surface area contributed by atoms with Gasteiger partial charge in [0.1, 0.15) is 30.2 Å². The van der Waals surface area contributed by atoms with Crippen LogP contribution in [-0.2, 0) is 25.2 Å². The number of ether oxygens (including phenoxy) is 4. The number of epoxide rings is 2. The van der Waals surface area contributed by atoms with Crippen molar-refractivity contribution in [1.29, 1.82) is 0 Å². The second-order valence-corrected chi connectivity index (χ2v) is 16.3. The molecule has 0 amide bonds. The van der Waals surface area contributed by atoms with Crippen LogP contribution in [0.2, 0.25) is 0 Å². The summed E-state index contributed by atoms with van der Waals surface area (Å²) < 4.78 is 26.1. The Hall–Kier alpha value is -1.36. The molecule has 3 atom stereocenters. The normalized spacial score (nSPS) is 50.3. The molecule has 214 valence electrons. The van der Waals surface area contributed by atoms with Gasteiger partial charge in [-0.2, -0.15) is 0 Å². The second kappa shape index (κ2) is 8.38. The van der Waals surface area contributed by atoms with E-state index in [-0.39, 0.29) is 28.6 Å². The molecule has 0 aromatic heterocycles. The van der Waals surface area contributed by atoms with Crippen LogP contribution in [0, 0.1) is 40.9 Å². The van der Waals surface area contributed by atoms with Gasteiger partial charge in [0.15, 0.2) is 0 Å². The van der Waals surface area contributed by atoms with Crippen LogP contribution in [0.25, 0.3) is 6.08 Å². The fourth-order valence-corrected chi connectivity index (χ4v) is 12.7. The molecule has 2 aliphatic heterocycles. The zero-order valence-electron chi connectivity index (χ0n) is 24.1. The molecule has 1 aromatic carbocycles. The van der Waals surface area contributed by atoms with Crippen molar-refractivity contribution in [2.24, 2.45) is 40.9 Å². The van der Waals surface area contributed by atoms with E-state index in [4.69, 9.17) is 18.9 Å². The smallest absolute Gasteiger partial charge is 0.129 e. The Morgan fingerprint density at radius 3 is 1.82 bits per heavy atom. The highest BCUT2D eigenvalue weighted by molar-refractivity contribution is 5.67. The Morgan fingerprint density at radius 2 is 1.25 bits per heavy atom. The molecule has 0 radical (unpaired) electrons. The zero-order chi connectivity index (χ0) is 26.1. The maximum absolute atomic E-state index is 7.46. The lowest BCUT2D eigenvalue weighted by Crippen LogP contribution is -2.58. The molecule has 9 aliphatic carbocycles. The molecule has 40 heavy (non-hydrogen) atoms. The Bertz CT molecular complexity index is 1170. The lowest BCUT2D eigenvalue weighted by atomic mass is 9.43. The number of fused-ring (bicyclic) bond motifs is 1. The van der Waals surface area contributed by atoms with Crippen LogP contribution in [0.1, 0.15) is 100 Å². The summed E-state index contributed by atoms with van der Waals surface area (Å²) in [5.74, 6) is 6.62. The standard InChI is InChI=1S/C36H46O4/c1-2-28-3-4-31(34-12-22-6-23(13-34)8-24(7-22)14-34)33(39-20-29-18-37-29)32(28)36(5-1,40-21-30-19-38-30)35-15-25-9-26(16-35)11-27(10-25)17-35/h1-4,22-27,29-30H,5-21H2. The van der Waals surface area contributed by atoms with Crippen LogP contribution in [0.3, 0.4) is 0 Å². The molecule has 12 rings (SSSR count). The number of hydrogen-bond acceptors (Lipinski definition) is 4. The second-order valence-electron chi connectivity index (χ2n) is 16.3. The fraction of sp³-hybridized carbons (Fsp3) is 0.778. The molecule has 8 saturated carbocycles. The van der Waals surface area contributed by atoms with Gasteiger partial charge in [0.25, 0.3) is 0 Å². The van der Waals surface area contributed by atoms with Crippen molar-refractivity contribution in [2.75, 3.05) is 26.4 Å². The quantitative estimate of drug-likeness (QED) is 0.327. The molecular weight excluding hydrogens is 496 g/mol. The highest BCUT2D eigenvalue weighted by atomic mass is 16.6. The van der Waals surface area contributed by atoms with Gasteiger partial charge in [-0.15, -0.1) is 0 Å². The van der Waals surface area contributed by atoms with E-state index in [0.717, 1.165) is 61.7 Å². The largest absolute Gasteiger partial charge is 0.490 e. The summed E-state index contributed by atoms with van der Waals surface area (Å²) in [6, 6.07) is 4.99. The first-order chi connectivity index (χ1) is 19.6. The van der Waals surface area contributed by atoms with Gasteiger partial charge in [0.2, 0.25) is 0 Å². The molecule has 4 nitrogen and oxygen atoms in total. The van der Waals surface area contributed by atoms with Crippen molar-refractivity contribution in [3.8, 4) is 5.75 Å². The third kappa shape index (κ3) is 3.54. The van der Waals surface area contributed by atoms with E-state index in [1.54, 1.807) is 5.56 Å². The van der Waals surface area contributed by atoms with Gasteiger partial charge in [-0.3, -0.25) is 0 Å². The van der Waals surface area contributed by atoms with E-state index in [0.29, 0.717) is 6.61 Å². The van der Waals surface area contributed by atoms with Gasteiger partial charge in [-0.05, 0) is 130 Å². The van der Waals surface area contributed by atoms with Crippen LogP contribution in [-0.4, -0.2) is 38.6 Å². The summed E-state index contributed by atoms with van der Waals surface area (Å²) in [6.07, 6.45) is 23.3. The monoisotopic (exact) mass is 542 g/mol. The average molecular weight is 543 g/mol. The lowest BCUT2D eigenvalue weighted by molar-refractivity contribution is -0.213. The maximum atomic E-state index is 7.46. The first kappa shape index (κ1) is 24.1. The topological polar surface area (TPSA) is 43.5 Å². The Kier molecular flexibility index (Phi) is 5.06. The SMILES string of the molecule is C1=Cc2ccc(C34CC5CC(CC(C5)C3)C4)c(OCC3CO3)c2C(OCC2CO2)(C23CC4CC(CC(C4)C2)C3)C1. The summed E-state index contributed by atoms with van der Waals surface area (Å²) in [4.78, 5) is 0. The summed E-state index contributed by atoms with van der Waals surface area (Å²) >= 11 is 0. The average Bonchev–Trinajstić information content (AvgIpc) is 3.84. The summed E-state index contributed by atoms with van der Waals surface area (Å²) in [5.41, 5.74) is 4.53. The van der Waals surface area contributed by atoms with Gasteiger partial charge < -0.3 is 18.9 Å². The number of rotatable bonds is 8. The van der Waals surface area contributed by atoms with Crippen molar-refractivity contribution in [2.45, 2.75) is 107 Å². The van der Waals surface area contributed by atoms with Gasteiger partial charge in [0, 0.05) is 16.5 Å². The van der Waals surface area contributed by atoms with E-state index < -0.39 is 0 Å². The van der Waals surface area contributed by atoms with Crippen LogP contribution in [0.15, 0.2) is 18.2 Å². The van der Waals surface area contributed by atoms with Gasteiger partial charge in [-0.25, -0.2) is 0 Å². The zero-order valence-corrected chi connectivity index (χ0v) is 24.1. The molecule has 2 saturated heterocycles. The molecule has 11 aliphatic rings. The predicted molar refractivity (Wildman–Crippen MR) is 153 cm³/mol. The van der Waals surface area contributed by atoms with Gasteiger partial charge in [-0.1, -0.05) is 24.3 Å². The van der Waals surface area contributed by atoms with Crippen molar-refractivity contribution >= 4 is 6.08 Å². The molecule has 0 N–H and O–H groups in total. The number of hydrogen-bond donors (Lipinski definition) is 0. The van der Waals surface area contributed by atoms with E-state index >= 15 is 0 Å². The van der Waals surface area contributed by atoms with Gasteiger partial charge in [0.05, 0.1) is 19.8 Å². The highest BCUT2D eigenvalue weighted by Crippen LogP contribution is 2.70. The van der Waals surface area contributed by atoms with Crippen molar-refractivity contribution in [3.63, 3.8) is 0 Å². The highest BCUT2D eigenvalue weighted by Gasteiger charge is 2.64. The molecule has 3 unspecified atom stereocenters. The minimum atomic E-state index is -0.308. The Labute approximate surface area is 239 Å². The maximum Gasteiger partial charge on any atom is 0.129 e. The van der Waals surface area contributed by atoms with E-state index in [1.165, 1.54) is 93.9 Å². The third-order valence-corrected chi connectivity index (χ3v) is 13.5. The lowest BCUT2D eigenvalue weighted by Gasteiger charge is -2.64. The van der Waals surface area contributed by atoms with Crippen molar-refractivity contribution in [1.82, 2.24) is 0 Å². The van der Waals surface area contributed by atoms with Crippen LogP contribution in [0.5, 0.6) is 5.75 Å². The first-order valence-electron chi connectivity index (χ1n) is 16.9. The Morgan fingerprint density at radius 1 is 0.700 bits per heavy atom. The predicted octanol–water partition coefficient (Wildman–Crippen LogP) is 7.18. The summed E-state index contributed by atoms with van der Waals surface area (Å²) in [6.45, 7) is 3.11. The summed E-state index contributed by atoms with van der Waals surface area (Å²) in [7, 11) is 0. The van der Waals surface area contributed by atoms with Crippen molar-refractivity contribution in [3.05, 3.63) is 34.9 Å². The minimum Gasteiger partial charge on any atom is -0.490 e. The minimum absolute atomic E-state index is 0.213. The molecule has 1 aromatic rings. The number of benzene rings is 1. The van der Waals surface area contributed by atoms with Crippen LogP contribution in [0.4, 0.5) is 0 Å². The van der Waals surface area contributed by atoms with E-state index in [9.17, 15) is 0 Å². The molecular formula is C36H46O4. The first-order valence-corrected chi connectivity index (χ1v) is 16.9. The van der Waals surface area contributed by atoms with Crippen LogP contribution < -0.4 is 4.74 Å².